The minimum atomic E-state index is -1.24. The van der Waals surface area contributed by atoms with Crippen molar-refractivity contribution < 1.29 is 29.0 Å². The molecule has 1 N–H and O–H groups in total. The number of aliphatic hydroxyl groups is 1. The number of esters is 1. The molecule has 0 aliphatic carbocycles. The maximum Gasteiger partial charge on any atom is 0.313 e. The molecule has 5 atom stereocenters. The second-order valence-corrected chi connectivity index (χ2v) is 10.1. The van der Waals surface area contributed by atoms with E-state index in [4.69, 9.17) is 9.47 Å². The van der Waals surface area contributed by atoms with E-state index in [-0.39, 0.29) is 25.0 Å². The van der Waals surface area contributed by atoms with Crippen LogP contribution in [-0.4, -0.2) is 81.8 Å². The molecule has 2 saturated heterocycles. The van der Waals surface area contributed by atoms with Crippen molar-refractivity contribution in [3.05, 3.63) is 24.3 Å². The number of carbonyl (C=O) groups is 3. The fourth-order valence-corrected chi connectivity index (χ4v) is 5.83. The van der Waals surface area contributed by atoms with Crippen LogP contribution in [0.2, 0.25) is 0 Å². The first kappa shape index (κ1) is 23.0. The van der Waals surface area contributed by atoms with Gasteiger partial charge in [0.05, 0.1) is 5.92 Å². The van der Waals surface area contributed by atoms with Crippen LogP contribution in [0.1, 0.15) is 47.0 Å². The van der Waals surface area contributed by atoms with Crippen molar-refractivity contribution >= 4 is 17.8 Å². The average molecular weight is 447 g/mol. The first-order valence-corrected chi connectivity index (χ1v) is 11.6. The molecular weight excluding hydrogens is 412 g/mol. The van der Waals surface area contributed by atoms with Gasteiger partial charge in [0.1, 0.15) is 29.8 Å². The fraction of sp³-hybridized carbons (Fsp3) is 0.708. The lowest BCUT2D eigenvalue weighted by Crippen LogP contribution is -2.59. The van der Waals surface area contributed by atoms with Crippen molar-refractivity contribution in [2.75, 3.05) is 26.3 Å². The van der Waals surface area contributed by atoms with Crippen molar-refractivity contribution in [2.45, 2.75) is 69.7 Å². The van der Waals surface area contributed by atoms with Gasteiger partial charge in [0.15, 0.2) is 0 Å². The lowest BCUT2D eigenvalue weighted by molar-refractivity contribution is -0.160. The molecule has 8 nitrogen and oxygen atoms in total. The fourth-order valence-electron chi connectivity index (χ4n) is 5.83. The number of rotatable bonds is 5. The maximum absolute atomic E-state index is 14.0. The summed E-state index contributed by atoms with van der Waals surface area (Å²) in [5, 5.41) is 9.25. The number of ether oxygens (including phenoxy) is 2. The molecule has 0 saturated carbocycles. The Morgan fingerprint density at radius 2 is 1.84 bits per heavy atom. The highest BCUT2D eigenvalue weighted by molar-refractivity contribution is 5.99. The number of nitrogens with zero attached hydrogens (tertiary/aromatic N) is 2. The van der Waals surface area contributed by atoms with E-state index in [9.17, 15) is 19.5 Å². The monoisotopic (exact) mass is 446 g/mol. The lowest BCUT2D eigenvalue weighted by atomic mass is 9.73. The van der Waals surface area contributed by atoms with Gasteiger partial charge in [0, 0.05) is 25.2 Å². The number of cyclic esters (lactones) is 1. The van der Waals surface area contributed by atoms with Gasteiger partial charge in [-0.05, 0) is 46.1 Å². The van der Waals surface area contributed by atoms with Gasteiger partial charge >= 0.3 is 5.97 Å². The summed E-state index contributed by atoms with van der Waals surface area (Å²) in [6.07, 6.45) is 8.92. The Labute approximate surface area is 189 Å². The van der Waals surface area contributed by atoms with Crippen LogP contribution >= 0.6 is 0 Å². The summed E-state index contributed by atoms with van der Waals surface area (Å²) < 4.78 is 12.2. The summed E-state index contributed by atoms with van der Waals surface area (Å²) in [7, 11) is 0. The Morgan fingerprint density at radius 1 is 1.09 bits per heavy atom. The summed E-state index contributed by atoms with van der Waals surface area (Å²) >= 11 is 0. The average Bonchev–Trinajstić information content (AvgIpc) is 2.99. The van der Waals surface area contributed by atoms with Crippen LogP contribution in [0, 0.1) is 11.8 Å². The van der Waals surface area contributed by atoms with E-state index in [0.29, 0.717) is 32.4 Å². The van der Waals surface area contributed by atoms with Crippen molar-refractivity contribution in [3.63, 3.8) is 0 Å². The van der Waals surface area contributed by atoms with Gasteiger partial charge in [0.2, 0.25) is 11.8 Å². The number of aliphatic hydroxyl groups excluding tert-OH is 1. The Morgan fingerprint density at radius 3 is 2.50 bits per heavy atom. The third kappa shape index (κ3) is 3.22. The van der Waals surface area contributed by atoms with Gasteiger partial charge in [0.25, 0.3) is 0 Å². The number of likely N-dealkylation sites (tertiary alicyclic amines) is 1. The predicted octanol–water partition coefficient (Wildman–Crippen LogP) is 1.43. The molecule has 0 aromatic carbocycles. The largest absolute Gasteiger partial charge is 0.461 e. The molecule has 4 aliphatic rings. The van der Waals surface area contributed by atoms with E-state index in [1.165, 1.54) is 0 Å². The van der Waals surface area contributed by atoms with Crippen LogP contribution < -0.4 is 0 Å². The van der Waals surface area contributed by atoms with Crippen LogP contribution in [-0.2, 0) is 23.9 Å². The molecule has 4 rings (SSSR count). The highest BCUT2D eigenvalue weighted by Gasteiger charge is 2.75. The van der Waals surface area contributed by atoms with Gasteiger partial charge in [-0.2, -0.15) is 0 Å². The molecule has 2 fully saturated rings. The van der Waals surface area contributed by atoms with Crippen molar-refractivity contribution in [1.82, 2.24) is 9.80 Å². The molecule has 4 heterocycles. The summed E-state index contributed by atoms with van der Waals surface area (Å²) in [6.45, 7) is 8.70. The second-order valence-electron chi connectivity index (χ2n) is 10.1. The number of amides is 2. The SMILES string of the molecule is CC[C@]12C=CCOC(=O)[C@H]1[C@H]1C(=O)N(CCCCO)C3C(=O)N(C(C)(C)C)CC=C[C@@]31O2. The summed E-state index contributed by atoms with van der Waals surface area (Å²) in [5.74, 6) is -2.54. The first-order chi connectivity index (χ1) is 15.1. The van der Waals surface area contributed by atoms with Crippen LogP contribution in [0.4, 0.5) is 0 Å². The first-order valence-electron chi connectivity index (χ1n) is 11.6. The smallest absolute Gasteiger partial charge is 0.313 e. The van der Waals surface area contributed by atoms with Gasteiger partial charge in [-0.1, -0.05) is 25.2 Å². The molecule has 0 bridgehead atoms. The molecule has 1 spiro atoms. The highest BCUT2D eigenvalue weighted by Crippen LogP contribution is 2.58. The van der Waals surface area contributed by atoms with Crippen LogP contribution in [0.3, 0.4) is 0 Å². The molecule has 32 heavy (non-hydrogen) atoms. The predicted molar refractivity (Wildman–Crippen MR) is 116 cm³/mol. The van der Waals surface area contributed by atoms with Crippen LogP contribution in [0.25, 0.3) is 0 Å². The van der Waals surface area contributed by atoms with Crippen molar-refractivity contribution in [3.8, 4) is 0 Å². The quantitative estimate of drug-likeness (QED) is 0.390. The van der Waals surface area contributed by atoms with Crippen molar-refractivity contribution in [2.24, 2.45) is 11.8 Å². The topological polar surface area (TPSA) is 96.4 Å². The number of fused-ring (bicyclic) bond motifs is 2. The standard InChI is InChI=1S/C24H34N2O6/c1-5-23-10-9-15-31-21(30)17(23)16-19(28)25(12-6-7-14-27)18-20(29)26(22(2,3)4)13-8-11-24(16,18)32-23/h8-11,16-18,27H,5-7,12-15H2,1-4H3/t16-,17+,18?,23-,24-/m0/s1. The molecule has 0 radical (unpaired) electrons. The molecule has 8 heteroatoms. The molecular formula is C24H34N2O6. The minimum absolute atomic E-state index is 0.0123. The lowest BCUT2D eigenvalue weighted by Gasteiger charge is -2.41. The number of unbranched alkanes of at least 4 members (excludes halogenated alkanes) is 1. The summed E-state index contributed by atoms with van der Waals surface area (Å²) in [6, 6.07) is -0.867. The second kappa shape index (κ2) is 7.99. The summed E-state index contributed by atoms with van der Waals surface area (Å²) in [5.41, 5.74) is -2.69. The molecule has 0 aromatic heterocycles. The zero-order chi connectivity index (χ0) is 23.3. The Bertz CT molecular complexity index is 861. The zero-order valence-electron chi connectivity index (χ0n) is 19.4. The minimum Gasteiger partial charge on any atom is -0.461 e. The Hall–Kier alpha value is -2.19. The van der Waals surface area contributed by atoms with E-state index in [1.807, 2.05) is 45.9 Å². The molecule has 4 aliphatic heterocycles. The summed E-state index contributed by atoms with van der Waals surface area (Å²) in [4.78, 5) is 44.3. The van der Waals surface area contributed by atoms with Crippen LogP contribution in [0.15, 0.2) is 24.3 Å². The van der Waals surface area contributed by atoms with E-state index >= 15 is 0 Å². The van der Waals surface area contributed by atoms with Crippen LogP contribution in [0.5, 0.6) is 0 Å². The van der Waals surface area contributed by atoms with E-state index in [1.54, 1.807) is 15.9 Å². The van der Waals surface area contributed by atoms with Gasteiger partial charge in [-0.3, -0.25) is 14.4 Å². The number of hydrogen-bond acceptors (Lipinski definition) is 6. The molecule has 1 unspecified atom stereocenters. The Kier molecular flexibility index (Phi) is 5.74. The maximum atomic E-state index is 14.0. The normalized spacial score (nSPS) is 36.5. The van der Waals surface area contributed by atoms with E-state index in [0.717, 1.165) is 0 Å². The molecule has 2 amide bonds. The zero-order valence-corrected chi connectivity index (χ0v) is 19.4. The Balaban J connectivity index is 1.86. The molecule has 0 aromatic rings. The third-order valence-electron chi connectivity index (χ3n) is 7.31. The van der Waals surface area contributed by atoms with Gasteiger partial charge < -0.3 is 24.4 Å². The highest BCUT2D eigenvalue weighted by atomic mass is 16.6. The van der Waals surface area contributed by atoms with E-state index in [2.05, 4.69) is 0 Å². The third-order valence-corrected chi connectivity index (χ3v) is 7.31. The number of hydrogen-bond donors (Lipinski definition) is 1. The van der Waals surface area contributed by atoms with Gasteiger partial charge in [-0.25, -0.2) is 0 Å². The van der Waals surface area contributed by atoms with E-state index < -0.39 is 40.6 Å². The number of carbonyl (C=O) groups excluding carboxylic acids is 3. The van der Waals surface area contributed by atoms with Crippen molar-refractivity contribution in [1.29, 1.82) is 0 Å². The van der Waals surface area contributed by atoms with Gasteiger partial charge in [-0.15, -0.1) is 0 Å². The molecule has 176 valence electrons.